The van der Waals surface area contributed by atoms with Gasteiger partial charge in [0, 0.05) is 31.2 Å². The van der Waals surface area contributed by atoms with Crippen LogP contribution in [0, 0.1) is 0 Å². The fraction of sp³-hybridized carbons (Fsp3) is 0.545. The van der Waals surface area contributed by atoms with Crippen LogP contribution in [0.3, 0.4) is 0 Å². The molecule has 2 N–H and O–H groups in total. The van der Waals surface area contributed by atoms with Crippen LogP contribution in [0.4, 0.5) is 5.69 Å². The molecule has 3 aliphatic rings. The Kier molecular flexibility index (Phi) is 5.60. The van der Waals surface area contributed by atoms with Crippen LogP contribution in [0.5, 0.6) is 0 Å². The van der Waals surface area contributed by atoms with Crippen molar-refractivity contribution in [3.8, 4) is 0 Å². The van der Waals surface area contributed by atoms with Crippen molar-refractivity contribution in [3.63, 3.8) is 0 Å². The minimum Gasteiger partial charge on any atom is -0.370 e. The largest absolute Gasteiger partial charge is 0.370 e. The summed E-state index contributed by atoms with van der Waals surface area (Å²) in [5.74, 6) is -1.90. The van der Waals surface area contributed by atoms with Crippen molar-refractivity contribution in [1.29, 1.82) is 0 Å². The van der Waals surface area contributed by atoms with Crippen molar-refractivity contribution >= 4 is 29.3 Å². The van der Waals surface area contributed by atoms with Gasteiger partial charge in [-0.15, -0.1) is 0 Å². The fourth-order valence-electron chi connectivity index (χ4n) is 4.96. The molecular weight excluding hydrogens is 384 g/mol. The van der Waals surface area contributed by atoms with E-state index in [1.165, 1.54) is 19.3 Å². The number of amides is 4. The number of carbonyl (C=O) groups excluding carboxylic acids is 4. The number of carbonyl (C=O) groups is 4. The third kappa shape index (κ3) is 3.49. The van der Waals surface area contributed by atoms with Crippen LogP contribution in [0.25, 0.3) is 0 Å². The van der Waals surface area contributed by atoms with Gasteiger partial charge in [0.25, 0.3) is 11.8 Å². The molecule has 2 heterocycles. The van der Waals surface area contributed by atoms with Crippen LogP contribution >= 0.6 is 0 Å². The Bertz CT molecular complexity index is 899. The maximum absolute atomic E-state index is 13.1. The topological polar surface area (TPSA) is 98.8 Å². The number of hydrogen-bond acceptors (Lipinski definition) is 6. The molecule has 1 aliphatic carbocycles. The van der Waals surface area contributed by atoms with E-state index in [2.05, 4.69) is 15.5 Å². The minimum absolute atomic E-state index is 0.116. The molecule has 0 bridgehead atoms. The number of imide groups is 2. The number of hydrogen-bond donors (Lipinski definition) is 2. The van der Waals surface area contributed by atoms with Gasteiger partial charge in [0.2, 0.25) is 11.8 Å². The summed E-state index contributed by atoms with van der Waals surface area (Å²) in [5.41, 5.74) is 1.52. The third-order valence-electron chi connectivity index (χ3n) is 6.68. The van der Waals surface area contributed by atoms with E-state index in [1.807, 2.05) is 20.2 Å². The summed E-state index contributed by atoms with van der Waals surface area (Å²) >= 11 is 0. The zero-order valence-electron chi connectivity index (χ0n) is 17.4. The zero-order chi connectivity index (χ0) is 21.4. The lowest BCUT2D eigenvalue weighted by atomic mass is 10.00. The molecule has 0 spiro atoms. The van der Waals surface area contributed by atoms with Gasteiger partial charge in [-0.2, -0.15) is 0 Å². The average Bonchev–Trinajstić information content (AvgIpc) is 2.90. The van der Waals surface area contributed by atoms with E-state index < -0.39 is 23.8 Å². The molecule has 30 heavy (non-hydrogen) atoms. The highest BCUT2D eigenvalue weighted by Crippen LogP contribution is 2.32. The summed E-state index contributed by atoms with van der Waals surface area (Å²) in [6.07, 6.45) is 6.04. The second kappa shape index (κ2) is 8.18. The predicted octanol–water partition coefficient (Wildman–Crippen LogP) is 1.44. The number of rotatable bonds is 4. The van der Waals surface area contributed by atoms with E-state index in [9.17, 15) is 19.2 Å². The number of anilines is 1. The zero-order valence-corrected chi connectivity index (χ0v) is 17.4. The average molecular weight is 412 g/mol. The first-order valence-electron chi connectivity index (χ1n) is 10.7. The van der Waals surface area contributed by atoms with Crippen molar-refractivity contribution in [2.75, 3.05) is 19.0 Å². The molecule has 8 nitrogen and oxygen atoms in total. The second-order valence-corrected chi connectivity index (χ2v) is 8.39. The summed E-state index contributed by atoms with van der Waals surface area (Å²) in [6, 6.07) is 5.04. The molecule has 1 saturated carbocycles. The van der Waals surface area contributed by atoms with Crippen molar-refractivity contribution < 1.29 is 19.2 Å². The SMILES string of the molecule is CN[C@H]1CCCCC[C@@H]1N(C)c1ccc2c(c1)C(=O)N(C1CCC(=O)NC1=O)C2=O. The molecule has 8 heteroatoms. The Labute approximate surface area is 176 Å². The maximum atomic E-state index is 13.1. The molecule has 2 aliphatic heterocycles. The lowest BCUT2D eigenvalue weighted by molar-refractivity contribution is -0.136. The van der Waals surface area contributed by atoms with Crippen molar-refractivity contribution in [3.05, 3.63) is 29.3 Å². The van der Waals surface area contributed by atoms with Crippen LogP contribution in [-0.4, -0.2) is 60.7 Å². The molecular formula is C22H28N4O4. The van der Waals surface area contributed by atoms with Gasteiger partial charge in [-0.25, -0.2) is 0 Å². The van der Waals surface area contributed by atoms with Gasteiger partial charge in [-0.3, -0.25) is 29.4 Å². The summed E-state index contributed by atoms with van der Waals surface area (Å²) in [4.78, 5) is 52.8. The number of benzene rings is 1. The standard InChI is InChI=1S/C22H28N4O4/c1-23-16-6-4-3-5-7-17(16)25(2)13-8-9-14-15(12-13)22(30)26(21(14)29)18-10-11-19(27)24-20(18)28/h8-9,12,16-18,23H,3-7,10-11H2,1-2H3,(H,24,27,28)/t16-,17-,18?/m0/s1. The molecule has 4 amide bonds. The van der Waals surface area contributed by atoms with E-state index in [1.54, 1.807) is 12.1 Å². The summed E-state index contributed by atoms with van der Waals surface area (Å²) in [5, 5.41) is 5.65. The molecule has 0 aromatic heterocycles. The van der Waals surface area contributed by atoms with Crippen molar-refractivity contribution in [2.45, 2.75) is 63.1 Å². The van der Waals surface area contributed by atoms with Crippen molar-refractivity contribution in [1.82, 2.24) is 15.5 Å². The van der Waals surface area contributed by atoms with Gasteiger partial charge < -0.3 is 10.2 Å². The molecule has 1 aromatic carbocycles. The Hall–Kier alpha value is -2.74. The van der Waals surface area contributed by atoms with E-state index in [-0.39, 0.29) is 18.7 Å². The van der Waals surface area contributed by atoms with Gasteiger partial charge in [0.15, 0.2) is 0 Å². The third-order valence-corrected chi connectivity index (χ3v) is 6.68. The molecule has 3 atom stereocenters. The van der Waals surface area contributed by atoms with Gasteiger partial charge in [0.05, 0.1) is 11.1 Å². The van der Waals surface area contributed by atoms with E-state index >= 15 is 0 Å². The second-order valence-electron chi connectivity index (χ2n) is 8.39. The lowest BCUT2D eigenvalue weighted by Crippen LogP contribution is -2.54. The van der Waals surface area contributed by atoms with Crippen molar-refractivity contribution in [2.24, 2.45) is 0 Å². The molecule has 2 fully saturated rings. The Balaban J connectivity index is 1.60. The number of nitrogens with zero attached hydrogens (tertiary/aromatic N) is 2. The van der Waals surface area contributed by atoms with Crippen LogP contribution in [0.1, 0.15) is 65.7 Å². The van der Waals surface area contributed by atoms with Crippen LogP contribution in [0.15, 0.2) is 18.2 Å². The van der Waals surface area contributed by atoms with Gasteiger partial charge >= 0.3 is 0 Å². The molecule has 1 aromatic rings. The monoisotopic (exact) mass is 412 g/mol. The smallest absolute Gasteiger partial charge is 0.262 e. The first-order valence-corrected chi connectivity index (χ1v) is 10.7. The number of likely N-dealkylation sites (N-methyl/N-ethyl adjacent to an activating group) is 2. The van der Waals surface area contributed by atoms with E-state index in [4.69, 9.17) is 0 Å². The lowest BCUT2D eigenvalue weighted by Gasteiger charge is -2.35. The number of piperidine rings is 1. The van der Waals surface area contributed by atoms with Crippen LogP contribution < -0.4 is 15.5 Å². The fourth-order valence-corrected chi connectivity index (χ4v) is 4.96. The minimum atomic E-state index is -0.938. The highest BCUT2D eigenvalue weighted by Gasteiger charge is 2.44. The highest BCUT2D eigenvalue weighted by atomic mass is 16.2. The quantitative estimate of drug-likeness (QED) is 0.574. The highest BCUT2D eigenvalue weighted by molar-refractivity contribution is 6.23. The van der Waals surface area contributed by atoms with E-state index in [0.717, 1.165) is 23.4 Å². The van der Waals surface area contributed by atoms with Crippen LogP contribution in [0.2, 0.25) is 0 Å². The van der Waals surface area contributed by atoms with Crippen LogP contribution in [-0.2, 0) is 9.59 Å². The Morgan fingerprint density at radius 2 is 1.73 bits per heavy atom. The Morgan fingerprint density at radius 1 is 1.00 bits per heavy atom. The first-order chi connectivity index (χ1) is 14.4. The number of fused-ring (bicyclic) bond motifs is 1. The normalized spacial score (nSPS) is 27.0. The summed E-state index contributed by atoms with van der Waals surface area (Å²) in [6.45, 7) is 0. The molecule has 160 valence electrons. The van der Waals surface area contributed by atoms with E-state index in [0.29, 0.717) is 23.2 Å². The molecule has 4 rings (SSSR count). The first kappa shape index (κ1) is 20.5. The predicted molar refractivity (Wildman–Crippen MR) is 111 cm³/mol. The summed E-state index contributed by atoms with van der Waals surface area (Å²) < 4.78 is 0. The molecule has 1 unspecified atom stereocenters. The maximum Gasteiger partial charge on any atom is 0.262 e. The van der Waals surface area contributed by atoms with Gasteiger partial charge in [-0.05, 0) is 44.5 Å². The van der Waals surface area contributed by atoms with Gasteiger partial charge in [0.1, 0.15) is 6.04 Å². The Morgan fingerprint density at radius 3 is 2.47 bits per heavy atom. The van der Waals surface area contributed by atoms with Gasteiger partial charge in [-0.1, -0.05) is 19.3 Å². The number of nitrogens with one attached hydrogen (secondary N) is 2. The molecule has 0 radical (unpaired) electrons. The summed E-state index contributed by atoms with van der Waals surface area (Å²) in [7, 11) is 4.01. The molecule has 1 saturated heterocycles.